The molecule has 3 unspecified atom stereocenters. The highest BCUT2D eigenvalue weighted by atomic mass is 19.3. The molecule has 102 valence electrons. The van der Waals surface area contributed by atoms with Crippen molar-refractivity contribution in [3.8, 4) is 0 Å². The standard InChI is InChI=1S/C14H27F2N/c1-3-4-6-11(2)13(17)9-12-7-5-8-14(15,16)10-12/h11-13H,3-10,17H2,1-2H3. The molecule has 3 heteroatoms. The van der Waals surface area contributed by atoms with Crippen molar-refractivity contribution in [1.82, 2.24) is 0 Å². The van der Waals surface area contributed by atoms with E-state index in [0.29, 0.717) is 12.3 Å². The van der Waals surface area contributed by atoms with E-state index in [1.807, 2.05) is 0 Å². The quantitative estimate of drug-likeness (QED) is 0.741. The fourth-order valence-corrected chi connectivity index (χ4v) is 2.83. The molecular formula is C14H27F2N. The van der Waals surface area contributed by atoms with Crippen molar-refractivity contribution in [1.29, 1.82) is 0 Å². The summed E-state index contributed by atoms with van der Waals surface area (Å²) in [7, 11) is 0. The van der Waals surface area contributed by atoms with Gasteiger partial charge in [0.15, 0.2) is 0 Å². The van der Waals surface area contributed by atoms with Gasteiger partial charge in [-0.3, -0.25) is 0 Å². The van der Waals surface area contributed by atoms with Crippen molar-refractivity contribution in [2.24, 2.45) is 17.6 Å². The zero-order valence-electron chi connectivity index (χ0n) is 11.2. The Hall–Kier alpha value is -0.180. The summed E-state index contributed by atoms with van der Waals surface area (Å²) in [6.07, 6.45) is 6.00. The van der Waals surface area contributed by atoms with Gasteiger partial charge in [-0.25, -0.2) is 8.78 Å². The lowest BCUT2D eigenvalue weighted by molar-refractivity contribution is -0.0549. The molecule has 1 nitrogen and oxygen atoms in total. The van der Waals surface area contributed by atoms with Crippen LogP contribution in [-0.2, 0) is 0 Å². The molecule has 0 spiro atoms. The largest absolute Gasteiger partial charge is 0.327 e. The second kappa shape index (κ2) is 6.67. The zero-order chi connectivity index (χ0) is 12.9. The number of unbranched alkanes of at least 4 members (excludes halogenated alkanes) is 1. The molecule has 1 aliphatic rings. The minimum absolute atomic E-state index is 0.0567. The normalized spacial score (nSPS) is 27.7. The van der Waals surface area contributed by atoms with Crippen molar-refractivity contribution >= 4 is 0 Å². The second-order valence-corrected chi connectivity index (χ2v) is 5.84. The molecule has 0 aromatic carbocycles. The summed E-state index contributed by atoms with van der Waals surface area (Å²) in [5, 5.41) is 0. The van der Waals surface area contributed by atoms with Crippen LogP contribution in [0.1, 0.15) is 65.2 Å². The predicted molar refractivity (Wildman–Crippen MR) is 68.2 cm³/mol. The van der Waals surface area contributed by atoms with E-state index < -0.39 is 5.92 Å². The number of hydrogen-bond acceptors (Lipinski definition) is 1. The summed E-state index contributed by atoms with van der Waals surface area (Å²) < 4.78 is 26.5. The molecule has 0 aromatic heterocycles. The number of nitrogens with two attached hydrogens (primary N) is 1. The first kappa shape index (κ1) is 14.9. The maximum absolute atomic E-state index is 13.3. The van der Waals surface area contributed by atoms with Gasteiger partial charge < -0.3 is 5.73 Å². The number of halogens is 2. The minimum Gasteiger partial charge on any atom is -0.327 e. The topological polar surface area (TPSA) is 26.0 Å². The van der Waals surface area contributed by atoms with Crippen LogP contribution in [0.5, 0.6) is 0 Å². The fraction of sp³-hybridized carbons (Fsp3) is 1.00. The van der Waals surface area contributed by atoms with E-state index in [4.69, 9.17) is 5.73 Å². The van der Waals surface area contributed by atoms with Crippen LogP contribution >= 0.6 is 0 Å². The number of alkyl halides is 2. The van der Waals surface area contributed by atoms with E-state index in [9.17, 15) is 8.78 Å². The lowest BCUT2D eigenvalue weighted by Gasteiger charge is -2.32. The van der Waals surface area contributed by atoms with Gasteiger partial charge in [0, 0.05) is 18.9 Å². The average Bonchev–Trinajstić information content (AvgIpc) is 2.24. The molecule has 0 saturated heterocycles. The van der Waals surface area contributed by atoms with Gasteiger partial charge >= 0.3 is 0 Å². The average molecular weight is 247 g/mol. The third kappa shape index (κ3) is 5.33. The van der Waals surface area contributed by atoms with Crippen LogP contribution in [0.3, 0.4) is 0 Å². The molecule has 1 saturated carbocycles. The van der Waals surface area contributed by atoms with E-state index in [-0.39, 0.29) is 24.8 Å². The highest BCUT2D eigenvalue weighted by Gasteiger charge is 2.36. The zero-order valence-corrected chi connectivity index (χ0v) is 11.2. The van der Waals surface area contributed by atoms with Crippen molar-refractivity contribution in [2.45, 2.75) is 77.2 Å². The Labute approximate surface area is 104 Å². The van der Waals surface area contributed by atoms with Crippen molar-refractivity contribution < 1.29 is 8.78 Å². The third-order valence-electron chi connectivity index (χ3n) is 4.09. The molecular weight excluding hydrogens is 220 g/mol. The van der Waals surface area contributed by atoms with Crippen LogP contribution in [-0.4, -0.2) is 12.0 Å². The number of hydrogen-bond donors (Lipinski definition) is 1. The second-order valence-electron chi connectivity index (χ2n) is 5.84. The Morgan fingerprint density at radius 1 is 1.41 bits per heavy atom. The molecule has 3 atom stereocenters. The highest BCUT2D eigenvalue weighted by Crippen LogP contribution is 2.38. The van der Waals surface area contributed by atoms with E-state index in [2.05, 4.69) is 13.8 Å². The molecule has 1 aliphatic carbocycles. The summed E-state index contributed by atoms with van der Waals surface area (Å²) in [6, 6.07) is 0.0976. The van der Waals surface area contributed by atoms with Crippen LogP contribution in [0.15, 0.2) is 0 Å². The van der Waals surface area contributed by atoms with Gasteiger partial charge in [0.1, 0.15) is 0 Å². The molecule has 17 heavy (non-hydrogen) atoms. The lowest BCUT2D eigenvalue weighted by Crippen LogP contribution is -2.34. The first-order chi connectivity index (χ1) is 7.94. The van der Waals surface area contributed by atoms with Gasteiger partial charge in [-0.05, 0) is 37.5 Å². The van der Waals surface area contributed by atoms with Crippen molar-refractivity contribution in [3.63, 3.8) is 0 Å². The third-order valence-corrected chi connectivity index (χ3v) is 4.09. The van der Waals surface area contributed by atoms with Gasteiger partial charge in [-0.1, -0.05) is 26.7 Å². The minimum atomic E-state index is -2.44. The van der Waals surface area contributed by atoms with Crippen LogP contribution in [0.4, 0.5) is 8.78 Å². The van der Waals surface area contributed by atoms with E-state index >= 15 is 0 Å². The van der Waals surface area contributed by atoms with E-state index in [0.717, 1.165) is 19.3 Å². The van der Waals surface area contributed by atoms with Crippen molar-refractivity contribution in [3.05, 3.63) is 0 Å². The lowest BCUT2D eigenvalue weighted by atomic mass is 9.80. The van der Waals surface area contributed by atoms with Gasteiger partial charge in [0.05, 0.1) is 0 Å². The predicted octanol–water partition coefficient (Wildman–Crippen LogP) is 4.36. The number of rotatable bonds is 6. The molecule has 0 aliphatic heterocycles. The monoisotopic (exact) mass is 247 g/mol. The van der Waals surface area contributed by atoms with Crippen molar-refractivity contribution in [2.75, 3.05) is 0 Å². The Morgan fingerprint density at radius 3 is 2.71 bits per heavy atom. The fourth-order valence-electron chi connectivity index (χ4n) is 2.83. The molecule has 2 N–H and O–H groups in total. The van der Waals surface area contributed by atoms with Gasteiger partial charge in [0.25, 0.3) is 0 Å². The van der Waals surface area contributed by atoms with Gasteiger partial charge in [0.2, 0.25) is 5.92 Å². The molecule has 1 fully saturated rings. The molecule has 1 rings (SSSR count). The molecule has 0 heterocycles. The smallest absolute Gasteiger partial charge is 0.248 e. The summed E-state index contributed by atoms with van der Waals surface area (Å²) in [4.78, 5) is 0. The summed E-state index contributed by atoms with van der Waals surface area (Å²) in [6.45, 7) is 4.32. The molecule has 0 bridgehead atoms. The van der Waals surface area contributed by atoms with Crippen LogP contribution < -0.4 is 5.73 Å². The SMILES string of the molecule is CCCCC(C)C(N)CC1CCCC(F)(F)C1. The Morgan fingerprint density at radius 2 is 2.12 bits per heavy atom. The van der Waals surface area contributed by atoms with E-state index in [1.54, 1.807) is 0 Å². The highest BCUT2D eigenvalue weighted by molar-refractivity contribution is 4.82. The van der Waals surface area contributed by atoms with Crippen LogP contribution in [0.2, 0.25) is 0 Å². The van der Waals surface area contributed by atoms with Crippen LogP contribution in [0.25, 0.3) is 0 Å². The molecule has 0 amide bonds. The van der Waals surface area contributed by atoms with Crippen LogP contribution in [0, 0.1) is 11.8 Å². The Bertz CT molecular complexity index is 218. The van der Waals surface area contributed by atoms with E-state index in [1.165, 1.54) is 12.8 Å². The molecule has 0 aromatic rings. The Kier molecular flexibility index (Phi) is 5.84. The summed E-state index contributed by atoms with van der Waals surface area (Å²) in [5.74, 6) is -1.83. The first-order valence-electron chi connectivity index (χ1n) is 7.08. The Balaban J connectivity index is 2.32. The summed E-state index contributed by atoms with van der Waals surface area (Å²) in [5.41, 5.74) is 6.13. The van der Waals surface area contributed by atoms with Gasteiger partial charge in [-0.2, -0.15) is 0 Å². The van der Waals surface area contributed by atoms with Gasteiger partial charge in [-0.15, -0.1) is 0 Å². The summed E-state index contributed by atoms with van der Waals surface area (Å²) >= 11 is 0. The maximum atomic E-state index is 13.3. The maximum Gasteiger partial charge on any atom is 0.248 e. The first-order valence-corrected chi connectivity index (χ1v) is 7.08. The molecule has 0 radical (unpaired) electrons.